The number of hydrogen-bond acceptors (Lipinski definition) is 5. The molecule has 0 aromatic heterocycles. The van der Waals surface area contributed by atoms with Gasteiger partial charge in [-0.3, -0.25) is 14.5 Å². The highest BCUT2D eigenvalue weighted by molar-refractivity contribution is 5.94. The maximum Gasteiger partial charge on any atom is 0.238 e. The van der Waals surface area contributed by atoms with E-state index in [9.17, 15) is 14.9 Å². The Morgan fingerprint density at radius 2 is 1.79 bits per heavy atom. The number of rotatable bonds is 9. The zero-order valence-electron chi connectivity index (χ0n) is 17.5. The van der Waals surface area contributed by atoms with Gasteiger partial charge in [-0.25, -0.2) is 0 Å². The van der Waals surface area contributed by atoms with Crippen molar-refractivity contribution in [2.45, 2.75) is 57.4 Å². The summed E-state index contributed by atoms with van der Waals surface area (Å²) < 4.78 is 5.26. The molecule has 2 rings (SSSR count). The predicted molar refractivity (Wildman–Crippen MR) is 113 cm³/mol. The molecule has 0 saturated heterocycles. The lowest BCUT2D eigenvalue weighted by molar-refractivity contribution is -0.124. The van der Waals surface area contributed by atoms with Crippen LogP contribution < -0.4 is 15.4 Å². The fourth-order valence-electron chi connectivity index (χ4n) is 3.78. The van der Waals surface area contributed by atoms with Crippen molar-refractivity contribution in [2.24, 2.45) is 0 Å². The number of hydrogen-bond donors (Lipinski definition) is 2. The highest BCUT2D eigenvalue weighted by Gasteiger charge is 2.32. The van der Waals surface area contributed by atoms with E-state index in [0.29, 0.717) is 30.8 Å². The number of nitriles is 1. The first-order valence-electron chi connectivity index (χ1n) is 10.4. The fourth-order valence-corrected chi connectivity index (χ4v) is 3.78. The van der Waals surface area contributed by atoms with Crippen LogP contribution in [0, 0.1) is 11.3 Å². The Hall–Kier alpha value is -2.59. The summed E-state index contributed by atoms with van der Waals surface area (Å²) in [5, 5.41) is 15.5. The molecule has 1 saturated carbocycles. The zero-order chi connectivity index (χ0) is 21.1. The highest BCUT2D eigenvalue weighted by Crippen LogP contribution is 2.26. The fraction of sp³-hybridized carbons (Fsp3) is 0.591. The second-order valence-electron chi connectivity index (χ2n) is 7.62. The molecule has 0 spiro atoms. The lowest BCUT2D eigenvalue weighted by Crippen LogP contribution is -2.51. The summed E-state index contributed by atoms with van der Waals surface area (Å²) in [5.74, 6) is 0.178. The summed E-state index contributed by atoms with van der Waals surface area (Å²) in [5.41, 5.74) is -0.173. The molecule has 2 N–H and O–H groups in total. The van der Waals surface area contributed by atoms with E-state index in [1.165, 1.54) is 0 Å². The van der Waals surface area contributed by atoms with Crippen LogP contribution in [0.3, 0.4) is 0 Å². The Balaban J connectivity index is 1.95. The summed E-state index contributed by atoms with van der Waals surface area (Å²) in [6, 6.07) is 9.55. The minimum atomic E-state index is -0.773. The van der Waals surface area contributed by atoms with Gasteiger partial charge in [-0.05, 0) is 37.9 Å². The molecule has 7 nitrogen and oxygen atoms in total. The summed E-state index contributed by atoms with van der Waals surface area (Å²) in [4.78, 5) is 27.0. The van der Waals surface area contributed by atoms with E-state index in [1.54, 1.807) is 19.2 Å². The van der Waals surface area contributed by atoms with Crippen molar-refractivity contribution in [1.29, 1.82) is 5.26 Å². The molecule has 0 bridgehead atoms. The number of anilines is 1. The Bertz CT molecular complexity index is 721. The van der Waals surface area contributed by atoms with Gasteiger partial charge in [-0.1, -0.05) is 44.7 Å². The number of amides is 2. The maximum absolute atomic E-state index is 12.7. The van der Waals surface area contributed by atoms with Crippen molar-refractivity contribution in [2.75, 3.05) is 32.1 Å². The minimum absolute atomic E-state index is 0.0939. The molecule has 0 unspecified atom stereocenters. The average molecular weight is 401 g/mol. The van der Waals surface area contributed by atoms with Crippen LogP contribution in [0.4, 0.5) is 5.69 Å². The van der Waals surface area contributed by atoms with Gasteiger partial charge in [-0.15, -0.1) is 0 Å². The molecule has 1 aromatic carbocycles. The van der Waals surface area contributed by atoms with Crippen molar-refractivity contribution >= 4 is 17.5 Å². The van der Waals surface area contributed by atoms with Crippen LogP contribution in [0.5, 0.6) is 5.75 Å². The van der Waals surface area contributed by atoms with Crippen molar-refractivity contribution in [1.82, 2.24) is 10.2 Å². The topological polar surface area (TPSA) is 94.5 Å². The number of ether oxygens (including phenoxy) is 1. The summed E-state index contributed by atoms with van der Waals surface area (Å²) in [6.07, 6.45) is 6.31. The van der Waals surface area contributed by atoms with Gasteiger partial charge >= 0.3 is 0 Å². The van der Waals surface area contributed by atoms with E-state index in [4.69, 9.17) is 4.74 Å². The Morgan fingerprint density at radius 3 is 2.41 bits per heavy atom. The van der Waals surface area contributed by atoms with Gasteiger partial charge in [0, 0.05) is 0 Å². The number of carbonyl (C=O) groups excluding carboxylic acids is 2. The van der Waals surface area contributed by atoms with Crippen LogP contribution in [-0.2, 0) is 9.59 Å². The van der Waals surface area contributed by atoms with E-state index in [0.717, 1.165) is 32.1 Å². The molecule has 158 valence electrons. The number of benzene rings is 1. The molecular formula is C22H32N4O3. The molecule has 1 aliphatic carbocycles. The number of nitrogens with one attached hydrogen (secondary N) is 2. The molecule has 29 heavy (non-hydrogen) atoms. The van der Waals surface area contributed by atoms with E-state index in [-0.39, 0.29) is 24.9 Å². The van der Waals surface area contributed by atoms with Gasteiger partial charge in [0.2, 0.25) is 11.8 Å². The van der Waals surface area contributed by atoms with Gasteiger partial charge in [0.1, 0.15) is 11.3 Å². The molecule has 0 heterocycles. The normalized spacial score (nSPS) is 15.8. The Kier molecular flexibility index (Phi) is 8.94. The highest BCUT2D eigenvalue weighted by atomic mass is 16.5. The molecule has 7 heteroatoms. The van der Waals surface area contributed by atoms with Crippen LogP contribution in [0.25, 0.3) is 0 Å². The van der Waals surface area contributed by atoms with Crippen molar-refractivity contribution in [3.8, 4) is 11.8 Å². The largest absolute Gasteiger partial charge is 0.495 e. The second-order valence-corrected chi connectivity index (χ2v) is 7.62. The number of carbonyl (C=O) groups is 2. The first kappa shape index (κ1) is 22.7. The minimum Gasteiger partial charge on any atom is -0.495 e. The molecule has 0 aliphatic heterocycles. The lowest BCUT2D eigenvalue weighted by atomic mass is 9.92. The molecular weight excluding hydrogens is 368 g/mol. The van der Waals surface area contributed by atoms with Crippen LogP contribution in [0.2, 0.25) is 0 Å². The summed E-state index contributed by atoms with van der Waals surface area (Å²) >= 11 is 0. The van der Waals surface area contributed by atoms with Crippen LogP contribution >= 0.6 is 0 Å². The monoisotopic (exact) mass is 400 g/mol. The van der Waals surface area contributed by atoms with Crippen LogP contribution in [0.15, 0.2) is 24.3 Å². The van der Waals surface area contributed by atoms with Crippen LogP contribution in [-0.4, -0.2) is 49.0 Å². The van der Waals surface area contributed by atoms with Gasteiger partial charge in [0.05, 0.1) is 32.0 Å². The molecule has 0 radical (unpaired) electrons. The van der Waals surface area contributed by atoms with E-state index in [2.05, 4.69) is 16.7 Å². The van der Waals surface area contributed by atoms with Crippen molar-refractivity contribution < 1.29 is 14.3 Å². The SMILES string of the molecule is CCCN(CC(=O)Nc1ccccc1OC)CC(=O)NC1(C#N)CCCCCC1. The molecule has 1 fully saturated rings. The van der Waals surface area contributed by atoms with E-state index in [1.807, 2.05) is 24.0 Å². The van der Waals surface area contributed by atoms with Crippen molar-refractivity contribution in [3.63, 3.8) is 0 Å². The average Bonchev–Trinajstić information content (AvgIpc) is 2.94. The first-order chi connectivity index (χ1) is 14.0. The third-order valence-electron chi connectivity index (χ3n) is 5.21. The number of nitrogens with zero attached hydrogens (tertiary/aromatic N) is 2. The van der Waals surface area contributed by atoms with Gasteiger partial charge in [0.25, 0.3) is 0 Å². The van der Waals surface area contributed by atoms with Gasteiger partial charge < -0.3 is 15.4 Å². The third kappa shape index (κ3) is 7.06. The van der Waals surface area contributed by atoms with Crippen molar-refractivity contribution in [3.05, 3.63) is 24.3 Å². The number of methoxy groups -OCH3 is 1. The third-order valence-corrected chi connectivity index (χ3v) is 5.21. The zero-order valence-corrected chi connectivity index (χ0v) is 17.5. The quantitative estimate of drug-likeness (QED) is 0.621. The number of para-hydroxylation sites is 2. The summed E-state index contributed by atoms with van der Waals surface area (Å²) in [7, 11) is 1.55. The smallest absolute Gasteiger partial charge is 0.238 e. The van der Waals surface area contributed by atoms with Gasteiger partial charge in [-0.2, -0.15) is 5.26 Å². The molecule has 1 aromatic rings. The summed E-state index contributed by atoms with van der Waals surface area (Å²) in [6.45, 7) is 2.81. The Morgan fingerprint density at radius 1 is 1.14 bits per heavy atom. The van der Waals surface area contributed by atoms with Gasteiger partial charge in [0.15, 0.2) is 0 Å². The standard InChI is InChI=1S/C22H32N4O3/c1-3-14-26(15-20(27)24-18-10-6-7-11-19(18)29-2)16-21(28)25-22(17-23)12-8-4-5-9-13-22/h6-7,10-11H,3-5,8-9,12-16H2,1-2H3,(H,24,27)(H,25,28). The Labute approximate surface area is 173 Å². The maximum atomic E-state index is 12.7. The first-order valence-corrected chi connectivity index (χ1v) is 10.4. The molecule has 2 amide bonds. The predicted octanol–water partition coefficient (Wildman–Crippen LogP) is 3.08. The van der Waals surface area contributed by atoms with Crippen LogP contribution in [0.1, 0.15) is 51.9 Å². The molecule has 1 aliphatic rings. The molecule has 0 atom stereocenters. The van der Waals surface area contributed by atoms with E-state index >= 15 is 0 Å². The second kappa shape index (κ2) is 11.4. The van der Waals surface area contributed by atoms with E-state index < -0.39 is 5.54 Å². The lowest BCUT2D eigenvalue weighted by Gasteiger charge is -2.28.